The maximum Gasteiger partial charge on any atom is 0.255 e. The molecule has 0 unspecified atom stereocenters. The van der Waals surface area contributed by atoms with Gasteiger partial charge < -0.3 is 9.47 Å². The van der Waals surface area contributed by atoms with Gasteiger partial charge in [0.05, 0.1) is 5.56 Å². The summed E-state index contributed by atoms with van der Waals surface area (Å²) in [6.45, 7) is 8.97. The number of nitrogens with zero attached hydrogens (tertiary/aromatic N) is 6. The number of rotatable bonds is 2. The largest absolute Gasteiger partial charge is 0.339 e. The molecule has 0 saturated carbocycles. The first kappa shape index (κ1) is 19.3. The minimum atomic E-state index is -0.136. The van der Waals surface area contributed by atoms with Crippen molar-refractivity contribution in [2.75, 3.05) is 13.1 Å². The van der Waals surface area contributed by atoms with Crippen molar-refractivity contribution in [3.63, 3.8) is 0 Å². The van der Waals surface area contributed by atoms with E-state index >= 15 is 0 Å². The molecule has 5 heterocycles. The molecule has 0 N–H and O–H groups in total. The van der Waals surface area contributed by atoms with E-state index < -0.39 is 0 Å². The molecule has 2 aliphatic heterocycles. The SMILES string of the molecule is CC(C)(C)c1nnc2ccc(C(=O)N3CCC(c4ncc5n4CCCC5)CC3)cn12. The zero-order valence-corrected chi connectivity index (χ0v) is 18.1. The summed E-state index contributed by atoms with van der Waals surface area (Å²) in [6.07, 6.45) is 9.57. The van der Waals surface area contributed by atoms with Crippen molar-refractivity contribution in [2.24, 2.45) is 0 Å². The molecular weight excluding hydrogens is 376 g/mol. The van der Waals surface area contributed by atoms with Crippen LogP contribution >= 0.6 is 0 Å². The van der Waals surface area contributed by atoms with Crippen LogP contribution in [0.25, 0.3) is 5.65 Å². The van der Waals surface area contributed by atoms with Gasteiger partial charge in [-0.05, 0) is 44.2 Å². The van der Waals surface area contributed by atoms with Crippen LogP contribution in [-0.4, -0.2) is 48.0 Å². The minimum Gasteiger partial charge on any atom is -0.339 e. The average molecular weight is 407 g/mol. The van der Waals surface area contributed by atoms with Crippen molar-refractivity contribution in [1.82, 2.24) is 29.0 Å². The maximum absolute atomic E-state index is 13.2. The van der Waals surface area contributed by atoms with E-state index in [2.05, 4.69) is 41.7 Å². The summed E-state index contributed by atoms with van der Waals surface area (Å²) < 4.78 is 4.39. The predicted molar refractivity (Wildman–Crippen MR) is 115 cm³/mol. The summed E-state index contributed by atoms with van der Waals surface area (Å²) in [5, 5.41) is 8.58. The minimum absolute atomic E-state index is 0.0917. The van der Waals surface area contributed by atoms with Crippen molar-refractivity contribution < 1.29 is 4.79 Å². The first-order valence-corrected chi connectivity index (χ1v) is 11.1. The van der Waals surface area contributed by atoms with Crippen LogP contribution in [-0.2, 0) is 18.4 Å². The van der Waals surface area contributed by atoms with Crippen molar-refractivity contribution in [2.45, 2.75) is 70.8 Å². The van der Waals surface area contributed by atoms with Crippen LogP contribution in [0.3, 0.4) is 0 Å². The predicted octanol–water partition coefficient (Wildman–Crippen LogP) is 3.58. The molecule has 1 fully saturated rings. The van der Waals surface area contributed by atoms with E-state index in [4.69, 9.17) is 4.98 Å². The van der Waals surface area contributed by atoms with Crippen LogP contribution < -0.4 is 0 Å². The Morgan fingerprint density at radius 2 is 1.87 bits per heavy atom. The molecule has 3 aromatic heterocycles. The summed E-state index contributed by atoms with van der Waals surface area (Å²) in [7, 11) is 0. The highest BCUT2D eigenvalue weighted by Gasteiger charge is 2.29. The number of hydrogen-bond donors (Lipinski definition) is 0. The van der Waals surface area contributed by atoms with Gasteiger partial charge in [-0.1, -0.05) is 20.8 Å². The van der Waals surface area contributed by atoms with Crippen molar-refractivity contribution in [1.29, 1.82) is 0 Å². The Balaban J connectivity index is 1.32. The molecule has 0 radical (unpaired) electrons. The fourth-order valence-electron chi connectivity index (χ4n) is 4.84. The summed E-state index contributed by atoms with van der Waals surface area (Å²) >= 11 is 0. The molecule has 0 aromatic carbocycles. The van der Waals surface area contributed by atoms with Gasteiger partial charge in [0, 0.05) is 49.1 Å². The molecule has 1 saturated heterocycles. The average Bonchev–Trinajstić information content (AvgIpc) is 3.37. The number of piperidine rings is 1. The number of pyridine rings is 1. The molecule has 3 aromatic rings. The van der Waals surface area contributed by atoms with E-state index in [0.29, 0.717) is 11.5 Å². The number of imidazole rings is 1. The van der Waals surface area contributed by atoms with Crippen LogP contribution in [0.4, 0.5) is 0 Å². The summed E-state index contributed by atoms with van der Waals surface area (Å²) in [5.74, 6) is 2.65. The van der Waals surface area contributed by atoms with Gasteiger partial charge in [-0.15, -0.1) is 10.2 Å². The van der Waals surface area contributed by atoms with Gasteiger partial charge in [0.1, 0.15) is 11.6 Å². The van der Waals surface area contributed by atoms with Gasteiger partial charge in [-0.2, -0.15) is 0 Å². The second-order valence-corrected chi connectivity index (χ2v) is 9.70. The van der Waals surface area contributed by atoms with Gasteiger partial charge in [0.2, 0.25) is 0 Å². The van der Waals surface area contributed by atoms with Crippen LogP contribution in [0, 0.1) is 0 Å². The molecule has 0 bridgehead atoms. The second kappa shape index (κ2) is 7.22. The monoisotopic (exact) mass is 406 g/mol. The molecule has 158 valence electrons. The van der Waals surface area contributed by atoms with Crippen molar-refractivity contribution in [3.05, 3.63) is 47.4 Å². The van der Waals surface area contributed by atoms with E-state index in [1.807, 2.05) is 27.6 Å². The first-order chi connectivity index (χ1) is 14.4. The van der Waals surface area contributed by atoms with Gasteiger partial charge >= 0.3 is 0 Å². The molecule has 5 rings (SSSR count). The Morgan fingerprint density at radius 1 is 1.07 bits per heavy atom. The van der Waals surface area contributed by atoms with Crippen LogP contribution in [0.15, 0.2) is 24.5 Å². The van der Waals surface area contributed by atoms with Crippen LogP contribution in [0.5, 0.6) is 0 Å². The molecule has 0 spiro atoms. The smallest absolute Gasteiger partial charge is 0.255 e. The van der Waals surface area contributed by atoms with E-state index in [1.54, 1.807) is 0 Å². The first-order valence-electron chi connectivity index (χ1n) is 11.1. The Bertz CT molecular complexity index is 1080. The van der Waals surface area contributed by atoms with E-state index in [0.717, 1.165) is 50.4 Å². The lowest BCUT2D eigenvalue weighted by Gasteiger charge is -2.32. The van der Waals surface area contributed by atoms with Gasteiger partial charge in [0.25, 0.3) is 5.91 Å². The molecule has 2 aliphatic rings. The number of likely N-dealkylation sites (tertiary alicyclic amines) is 1. The topological polar surface area (TPSA) is 68.3 Å². The Morgan fingerprint density at radius 3 is 2.63 bits per heavy atom. The third-order valence-electron chi connectivity index (χ3n) is 6.50. The molecule has 7 heteroatoms. The van der Waals surface area contributed by atoms with Crippen molar-refractivity contribution >= 4 is 11.6 Å². The lowest BCUT2D eigenvalue weighted by Crippen LogP contribution is -2.38. The Labute approximate surface area is 177 Å². The number of carbonyl (C=O) groups is 1. The summed E-state index contributed by atoms with van der Waals surface area (Å²) in [4.78, 5) is 19.9. The van der Waals surface area contributed by atoms with Gasteiger partial charge in [-0.25, -0.2) is 4.98 Å². The van der Waals surface area contributed by atoms with Crippen molar-refractivity contribution in [3.8, 4) is 0 Å². The highest BCUT2D eigenvalue weighted by atomic mass is 16.2. The molecule has 0 aliphatic carbocycles. The highest BCUT2D eigenvalue weighted by molar-refractivity contribution is 5.94. The Kier molecular flexibility index (Phi) is 4.64. The second-order valence-electron chi connectivity index (χ2n) is 9.70. The molecule has 7 nitrogen and oxygen atoms in total. The van der Waals surface area contributed by atoms with E-state index in [9.17, 15) is 4.79 Å². The third kappa shape index (κ3) is 3.30. The quantitative estimate of drug-likeness (QED) is 0.652. The number of carbonyl (C=O) groups excluding carboxylic acids is 1. The van der Waals surface area contributed by atoms with Crippen LogP contribution in [0.2, 0.25) is 0 Å². The van der Waals surface area contributed by atoms with E-state index in [-0.39, 0.29) is 11.3 Å². The molecule has 1 amide bonds. The number of hydrogen-bond acceptors (Lipinski definition) is 4. The zero-order chi connectivity index (χ0) is 20.9. The molecular formula is C23H30N6O. The lowest BCUT2D eigenvalue weighted by atomic mass is 9.95. The fourth-order valence-corrected chi connectivity index (χ4v) is 4.84. The highest BCUT2D eigenvalue weighted by Crippen LogP contribution is 2.30. The van der Waals surface area contributed by atoms with Gasteiger partial charge in [0.15, 0.2) is 5.65 Å². The number of aryl methyl sites for hydroxylation is 1. The van der Waals surface area contributed by atoms with Gasteiger partial charge in [-0.3, -0.25) is 9.20 Å². The maximum atomic E-state index is 13.2. The standard InChI is InChI=1S/C23H30N6O/c1-23(2,3)22-26-25-19-8-7-17(15-29(19)22)21(30)27-12-9-16(10-13-27)20-24-14-18-6-4-5-11-28(18)20/h7-8,14-16H,4-6,9-13H2,1-3H3. The molecule has 30 heavy (non-hydrogen) atoms. The summed E-state index contributed by atoms with van der Waals surface area (Å²) in [6, 6.07) is 3.76. The van der Waals surface area contributed by atoms with E-state index in [1.165, 1.54) is 24.4 Å². The van der Waals surface area contributed by atoms with Crippen LogP contribution in [0.1, 0.15) is 80.1 Å². The normalized spacial score (nSPS) is 18.0. The lowest BCUT2D eigenvalue weighted by molar-refractivity contribution is 0.0709. The number of fused-ring (bicyclic) bond motifs is 2. The number of aromatic nitrogens is 5. The fraction of sp³-hybridized carbons (Fsp3) is 0.565. The Hall–Kier alpha value is -2.70. The zero-order valence-electron chi connectivity index (χ0n) is 18.1. The summed E-state index contributed by atoms with van der Waals surface area (Å²) in [5.41, 5.74) is 2.72. The molecule has 0 atom stereocenters. The number of amides is 1. The third-order valence-corrected chi connectivity index (χ3v) is 6.50.